The van der Waals surface area contributed by atoms with Crippen molar-refractivity contribution in [3.05, 3.63) is 17.0 Å². The van der Waals surface area contributed by atoms with Crippen LogP contribution in [0.1, 0.15) is 42.6 Å². The summed E-state index contributed by atoms with van der Waals surface area (Å²) in [7, 11) is 0. The topological polar surface area (TPSA) is 57.9 Å². The van der Waals surface area contributed by atoms with E-state index in [0.29, 0.717) is 6.04 Å². The van der Waals surface area contributed by atoms with Crippen LogP contribution >= 0.6 is 0 Å². The van der Waals surface area contributed by atoms with Crippen molar-refractivity contribution in [2.45, 2.75) is 51.1 Å². The van der Waals surface area contributed by atoms with Crippen LogP contribution in [0, 0.1) is 0 Å². The van der Waals surface area contributed by atoms with Gasteiger partial charge >= 0.3 is 0 Å². The highest BCUT2D eigenvalue weighted by Crippen LogP contribution is 2.23. The van der Waals surface area contributed by atoms with Crippen molar-refractivity contribution in [2.75, 3.05) is 13.1 Å². The summed E-state index contributed by atoms with van der Waals surface area (Å²) in [5.74, 6) is 0. The summed E-state index contributed by atoms with van der Waals surface area (Å²) in [6, 6.07) is 0.360. The van der Waals surface area contributed by atoms with Gasteiger partial charge in [0.2, 0.25) is 0 Å². The molecule has 0 aromatic carbocycles. The molecule has 2 aliphatic rings. The zero-order valence-corrected chi connectivity index (χ0v) is 10.4. The molecule has 0 unspecified atom stereocenters. The molecule has 1 aliphatic carbocycles. The molecule has 4 nitrogen and oxygen atoms in total. The van der Waals surface area contributed by atoms with Crippen LogP contribution in [-0.4, -0.2) is 34.2 Å². The fourth-order valence-electron chi connectivity index (χ4n) is 3.13. The maximum atomic E-state index is 6.02. The van der Waals surface area contributed by atoms with Crippen molar-refractivity contribution in [3.63, 3.8) is 0 Å². The molecule has 1 aromatic rings. The molecule has 3 N–H and O–H groups in total. The van der Waals surface area contributed by atoms with Gasteiger partial charge in [0.25, 0.3) is 0 Å². The third kappa shape index (κ3) is 2.38. The van der Waals surface area contributed by atoms with Crippen LogP contribution in [0.3, 0.4) is 0 Å². The Kier molecular flexibility index (Phi) is 3.16. The Balaban J connectivity index is 1.70. The number of likely N-dealkylation sites (tertiary alicyclic amines) is 1. The third-order valence-corrected chi connectivity index (χ3v) is 4.06. The van der Waals surface area contributed by atoms with Crippen LogP contribution in [-0.2, 0) is 19.4 Å². The van der Waals surface area contributed by atoms with Gasteiger partial charge in [-0.15, -0.1) is 0 Å². The largest absolute Gasteiger partial charge is 0.327 e. The van der Waals surface area contributed by atoms with Gasteiger partial charge in [0.1, 0.15) is 0 Å². The van der Waals surface area contributed by atoms with Crippen LogP contribution in [0.4, 0.5) is 0 Å². The van der Waals surface area contributed by atoms with Crippen molar-refractivity contribution in [2.24, 2.45) is 5.73 Å². The van der Waals surface area contributed by atoms with Gasteiger partial charge in [0.05, 0.1) is 5.69 Å². The normalized spacial score (nSPS) is 25.8. The van der Waals surface area contributed by atoms with Gasteiger partial charge in [-0.1, -0.05) is 0 Å². The molecule has 0 spiro atoms. The standard InChI is InChI=1S/C13H22N4/c14-10-4-3-7-17(8-10)9-13-11-5-1-2-6-12(11)15-16-13/h10H,1-9,14H2,(H,15,16)/t10-/m1/s1. The Bertz CT molecular complexity index is 385. The lowest BCUT2D eigenvalue weighted by atomic mass is 9.95. The van der Waals surface area contributed by atoms with E-state index in [4.69, 9.17) is 5.73 Å². The zero-order chi connectivity index (χ0) is 11.7. The highest BCUT2D eigenvalue weighted by Gasteiger charge is 2.21. The van der Waals surface area contributed by atoms with Gasteiger partial charge < -0.3 is 5.73 Å². The van der Waals surface area contributed by atoms with Crippen molar-refractivity contribution in [1.29, 1.82) is 0 Å². The number of rotatable bonds is 2. The Morgan fingerprint density at radius 1 is 1.29 bits per heavy atom. The lowest BCUT2D eigenvalue weighted by Crippen LogP contribution is -2.42. The van der Waals surface area contributed by atoms with Gasteiger partial charge in [-0.2, -0.15) is 5.10 Å². The molecule has 0 saturated carbocycles. The summed E-state index contributed by atoms with van der Waals surface area (Å²) in [5.41, 5.74) is 10.2. The minimum Gasteiger partial charge on any atom is -0.327 e. The van der Waals surface area contributed by atoms with Crippen molar-refractivity contribution >= 4 is 0 Å². The lowest BCUT2D eigenvalue weighted by Gasteiger charge is -2.30. The maximum Gasteiger partial charge on any atom is 0.0797 e. The highest BCUT2D eigenvalue weighted by atomic mass is 15.2. The number of nitrogens with two attached hydrogens (primary N) is 1. The van der Waals surface area contributed by atoms with E-state index in [1.807, 2.05) is 0 Å². The van der Waals surface area contributed by atoms with E-state index in [1.54, 1.807) is 0 Å². The lowest BCUT2D eigenvalue weighted by molar-refractivity contribution is 0.199. The number of fused-ring (bicyclic) bond motifs is 1. The second-order valence-corrected chi connectivity index (χ2v) is 5.47. The second-order valence-electron chi connectivity index (χ2n) is 5.47. The number of aryl methyl sites for hydroxylation is 1. The molecule has 1 saturated heterocycles. The molecule has 2 heterocycles. The average molecular weight is 234 g/mol. The summed E-state index contributed by atoms with van der Waals surface area (Å²) in [6.07, 6.45) is 7.42. The first-order valence-corrected chi connectivity index (χ1v) is 6.86. The molecular formula is C13H22N4. The quantitative estimate of drug-likeness (QED) is 0.808. The summed E-state index contributed by atoms with van der Waals surface area (Å²) in [5, 5.41) is 7.73. The Morgan fingerprint density at radius 3 is 3.06 bits per heavy atom. The van der Waals surface area contributed by atoms with Crippen molar-refractivity contribution in [1.82, 2.24) is 15.1 Å². The summed E-state index contributed by atoms with van der Waals surface area (Å²) < 4.78 is 0. The van der Waals surface area contributed by atoms with Gasteiger partial charge in [-0.05, 0) is 50.6 Å². The van der Waals surface area contributed by atoms with Gasteiger partial charge in [-0.3, -0.25) is 10.00 Å². The molecule has 4 heteroatoms. The van der Waals surface area contributed by atoms with E-state index in [2.05, 4.69) is 15.1 Å². The molecule has 3 rings (SSSR count). The molecular weight excluding hydrogens is 212 g/mol. The molecule has 17 heavy (non-hydrogen) atoms. The maximum absolute atomic E-state index is 6.02. The minimum atomic E-state index is 0.360. The zero-order valence-electron chi connectivity index (χ0n) is 10.4. The van der Waals surface area contributed by atoms with E-state index < -0.39 is 0 Å². The number of piperidine rings is 1. The van der Waals surface area contributed by atoms with Crippen molar-refractivity contribution in [3.8, 4) is 0 Å². The first-order valence-electron chi connectivity index (χ1n) is 6.86. The van der Waals surface area contributed by atoms with E-state index >= 15 is 0 Å². The molecule has 0 amide bonds. The molecule has 1 aliphatic heterocycles. The smallest absolute Gasteiger partial charge is 0.0797 e. The van der Waals surface area contributed by atoms with E-state index in [1.165, 1.54) is 62.0 Å². The summed E-state index contributed by atoms with van der Waals surface area (Å²) in [4.78, 5) is 2.46. The minimum absolute atomic E-state index is 0.360. The van der Waals surface area contributed by atoms with Crippen molar-refractivity contribution < 1.29 is 0 Å². The number of hydrogen-bond acceptors (Lipinski definition) is 3. The molecule has 1 fully saturated rings. The Labute approximate surface area is 103 Å². The van der Waals surface area contributed by atoms with Gasteiger partial charge in [0.15, 0.2) is 0 Å². The first kappa shape index (κ1) is 11.2. The van der Waals surface area contributed by atoms with Crippen LogP contribution in [0.15, 0.2) is 0 Å². The predicted octanol–water partition coefficient (Wildman–Crippen LogP) is 1.21. The molecule has 0 bridgehead atoms. The highest BCUT2D eigenvalue weighted by molar-refractivity contribution is 5.27. The second kappa shape index (κ2) is 4.78. The van der Waals surface area contributed by atoms with Gasteiger partial charge in [0, 0.05) is 24.8 Å². The number of H-pyrrole nitrogens is 1. The molecule has 1 aromatic heterocycles. The number of aromatic nitrogens is 2. The SMILES string of the molecule is N[C@@H]1CCCN(Cc2n[nH]c3c2CCCC3)C1. The van der Waals surface area contributed by atoms with Gasteiger partial charge in [-0.25, -0.2) is 0 Å². The number of aromatic amines is 1. The number of hydrogen-bond donors (Lipinski definition) is 2. The van der Waals surface area contributed by atoms with E-state index in [-0.39, 0.29) is 0 Å². The average Bonchev–Trinajstić information content (AvgIpc) is 2.73. The van der Waals surface area contributed by atoms with Crippen LogP contribution in [0.25, 0.3) is 0 Å². The molecule has 0 radical (unpaired) electrons. The number of nitrogens with zero attached hydrogens (tertiary/aromatic N) is 2. The fourth-order valence-corrected chi connectivity index (χ4v) is 3.13. The summed E-state index contributed by atoms with van der Waals surface area (Å²) in [6.45, 7) is 3.19. The van der Waals surface area contributed by atoms with E-state index in [0.717, 1.165) is 13.1 Å². The summed E-state index contributed by atoms with van der Waals surface area (Å²) >= 11 is 0. The predicted molar refractivity (Wildman–Crippen MR) is 67.7 cm³/mol. The number of nitrogens with one attached hydrogen (secondary N) is 1. The third-order valence-electron chi connectivity index (χ3n) is 4.06. The Morgan fingerprint density at radius 2 is 2.18 bits per heavy atom. The van der Waals surface area contributed by atoms with Crippen LogP contribution in [0.2, 0.25) is 0 Å². The fraction of sp³-hybridized carbons (Fsp3) is 0.769. The molecule has 94 valence electrons. The monoisotopic (exact) mass is 234 g/mol. The molecule has 1 atom stereocenters. The van der Waals surface area contributed by atoms with Crippen LogP contribution in [0.5, 0.6) is 0 Å². The van der Waals surface area contributed by atoms with Crippen LogP contribution < -0.4 is 5.73 Å². The van der Waals surface area contributed by atoms with E-state index in [9.17, 15) is 0 Å². The Hall–Kier alpha value is -0.870. The first-order chi connectivity index (χ1) is 8.33.